The fraction of sp³-hybridized carbons (Fsp3) is 0.778. The Morgan fingerprint density at radius 2 is 1.54 bits per heavy atom. The number of hydrogen-bond donors (Lipinski definition) is 6. The van der Waals surface area contributed by atoms with Crippen LogP contribution < -0.4 is 21.3 Å². The van der Waals surface area contributed by atoms with E-state index in [1.165, 1.54) is 0 Å². The van der Waals surface area contributed by atoms with Crippen LogP contribution in [0.4, 0.5) is 0 Å². The fourth-order valence-electron chi connectivity index (χ4n) is 2.92. The lowest BCUT2D eigenvalue weighted by Gasteiger charge is -2.28. The highest BCUT2D eigenvalue weighted by Crippen LogP contribution is 2.10. The Hall–Kier alpha value is -1.81. The number of nitrogens with one attached hydrogen (secondary N) is 4. The summed E-state index contributed by atoms with van der Waals surface area (Å²) >= 11 is 3.92. The molecule has 0 radical (unpaired) electrons. The standard InChI is InChI=1S/C18H32N4O5S/c1-9(2)13(16(24)20-12(8-28)18(26)27)22-17(25)14(10(3)4)21-15(23)11-6-5-7-19-11/h9-14,19,28H,5-8H2,1-4H3,(H,20,24)(H,21,23)(H,22,25)(H,26,27). The summed E-state index contributed by atoms with van der Waals surface area (Å²) < 4.78 is 0. The molecule has 9 nitrogen and oxygen atoms in total. The molecule has 1 heterocycles. The second kappa shape index (κ2) is 11.3. The first kappa shape index (κ1) is 24.2. The summed E-state index contributed by atoms with van der Waals surface area (Å²) in [5, 5.41) is 20.0. The van der Waals surface area contributed by atoms with Crippen molar-refractivity contribution in [2.75, 3.05) is 12.3 Å². The van der Waals surface area contributed by atoms with Gasteiger partial charge in [0.15, 0.2) is 0 Å². The van der Waals surface area contributed by atoms with Gasteiger partial charge in [0, 0.05) is 5.75 Å². The van der Waals surface area contributed by atoms with Gasteiger partial charge in [-0.15, -0.1) is 0 Å². The molecule has 0 aromatic heterocycles. The third kappa shape index (κ3) is 6.97. The topological polar surface area (TPSA) is 137 Å². The lowest BCUT2D eigenvalue weighted by atomic mass is 9.99. The molecule has 0 aromatic rings. The Labute approximate surface area is 171 Å². The Morgan fingerprint density at radius 3 is 1.96 bits per heavy atom. The fourth-order valence-corrected chi connectivity index (χ4v) is 3.17. The summed E-state index contributed by atoms with van der Waals surface area (Å²) in [7, 11) is 0. The van der Waals surface area contributed by atoms with Gasteiger partial charge in [0.25, 0.3) is 0 Å². The summed E-state index contributed by atoms with van der Waals surface area (Å²) in [5.41, 5.74) is 0. The number of carboxylic acids is 1. The van der Waals surface area contributed by atoms with E-state index < -0.39 is 35.9 Å². The van der Waals surface area contributed by atoms with Crippen LogP contribution in [0.15, 0.2) is 0 Å². The SMILES string of the molecule is CC(C)C(NC(=O)C1CCCN1)C(=O)NC(C(=O)NC(CS)C(=O)O)C(C)C. The Morgan fingerprint density at radius 1 is 1.00 bits per heavy atom. The highest BCUT2D eigenvalue weighted by atomic mass is 32.1. The molecule has 1 fully saturated rings. The number of hydrogen-bond acceptors (Lipinski definition) is 6. The van der Waals surface area contributed by atoms with Crippen molar-refractivity contribution < 1.29 is 24.3 Å². The zero-order chi connectivity index (χ0) is 21.4. The van der Waals surface area contributed by atoms with E-state index in [0.717, 1.165) is 19.4 Å². The van der Waals surface area contributed by atoms with Crippen LogP contribution in [-0.4, -0.2) is 65.3 Å². The number of carboxylic acid groups (broad SMARTS) is 1. The smallest absolute Gasteiger partial charge is 0.327 e. The van der Waals surface area contributed by atoms with E-state index in [0.29, 0.717) is 0 Å². The average Bonchev–Trinajstić information content (AvgIpc) is 3.15. The number of rotatable bonds is 10. The molecule has 160 valence electrons. The van der Waals surface area contributed by atoms with Crippen LogP contribution in [0.5, 0.6) is 0 Å². The van der Waals surface area contributed by atoms with Crippen LogP contribution in [-0.2, 0) is 19.2 Å². The summed E-state index contributed by atoms with van der Waals surface area (Å²) in [6.45, 7) is 7.86. The van der Waals surface area contributed by atoms with Crippen molar-refractivity contribution in [3.63, 3.8) is 0 Å². The minimum atomic E-state index is -1.20. The summed E-state index contributed by atoms with van der Waals surface area (Å²) in [6, 6.07) is -3.20. The quantitative estimate of drug-likeness (QED) is 0.266. The van der Waals surface area contributed by atoms with E-state index in [1.807, 2.05) is 0 Å². The number of carbonyl (C=O) groups excluding carboxylic acids is 3. The molecule has 1 aliphatic heterocycles. The highest BCUT2D eigenvalue weighted by molar-refractivity contribution is 7.80. The monoisotopic (exact) mass is 416 g/mol. The van der Waals surface area contributed by atoms with Crippen molar-refractivity contribution in [1.82, 2.24) is 21.3 Å². The second-order valence-electron chi connectivity index (χ2n) is 7.69. The lowest BCUT2D eigenvalue weighted by Crippen LogP contribution is -2.59. The van der Waals surface area contributed by atoms with Gasteiger partial charge in [-0.1, -0.05) is 27.7 Å². The minimum absolute atomic E-state index is 0.0705. The van der Waals surface area contributed by atoms with Gasteiger partial charge in [-0.3, -0.25) is 14.4 Å². The van der Waals surface area contributed by atoms with Crippen molar-refractivity contribution in [2.24, 2.45) is 11.8 Å². The molecule has 1 saturated heterocycles. The van der Waals surface area contributed by atoms with Gasteiger partial charge in [-0.2, -0.15) is 12.6 Å². The maximum absolute atomic E-state index is 12.8. The van der Waals surface area contributed by atoms with Crippen LogP contribution in [0, 0.1) is 11.8 Å². The van der Waals surface area contributed by atoms with Gasteiger partial charge >= 0.3 is 5.97 Å². The molecule has 3 amide bonds. The molecule has 4 unspecified atom stereocenters. The third-order valence-corrected chi connectivity index (χ3v) is 5.03. The molecule has 0 saturated carbocycles. The van der Waals surface area contributed by atoms with E-state index in [-0.39, 0.29) is 29.5 Å². The number of amides is 3. The maximum Gasteiger partial charge on any atom is 0.327 e. The number of carbonyl (C=O) groups is 4. The van der Waals surface area contributed by atoms with Crippen LogP contribution in [0.1, 0.15) is 40.5 Å². The van der Waals surface area contributed by atoms with Crippen molar-refractivity contribution >= 4 is 36.3 Å². The summed E-state index contributed by atoms with van der Waals surface area (Å²) in [6.07, 6.45) is 1.62. The van der Waals surface area contributed by atoms with E-state index in [2.05, 4.69) is 33.9 Å². The molecule has 1 rings (SSSR count). The van der Waals surface area contributed by atoms with Gasteiger partial charge in [-0.05, 0) is 31.2 Å². The Kier molecular flexibility index (Phi) is 9.74. The van der Waals surface area contributed by atoms with Crippen LogP contribution in [0.2, 0.25) is 0 Å². The third-order valence-electron chi connectivity index (χ3n) is 4.67. The second-order valence-corrected chi connectivity index (χ2v) is 8.06. The van der Waals surface area contributed by atoms with Crippen LogP contribution in [0.3, 0.4) is 0 Å². The molecule has 1 aliphatic rings. The lowest BCUT2D eigenvalue weighted by molar-refractivity contribution is -0.142. The molecule has 10 heteroatoms. The molecular formula is C18H32N4O5S. The first-order chi connectivity index (χ1) is 13.1. The predicted molar refractivity (Wildman–Crippen MR) is 108 cm³/mol. The van der Waals surface area contributed by atoms with Gasteiger partial charge in [0.2, 0.25) is 17.7 Å². The van der Waals surface area contributed by atoms with E-state index in [4.69, 9.17) is 5.11 Å². The van der Waals surface area contributed by atoms with Crippen LogP contribution in [0.25, 0.3) is 0 Å². The molecular weight excluding hydrogens is 384 g/mol. The maximum atomic E-state index is 12.8. The highest BCUT2D eigenvalue weighted by Gasteiger charge is 2.33. The van der Waals surface area contributed by atoms with E-state index in [9.17, 15) is 19.2 Å². The molecule has 0 spiro atoms. The molecule has 28 heavy (non-hydrogen) atoms. The van der Waals surface area contributed by atoms with Crippen molar-refractivity contribution in [1.29, 1.82) is 0 Å². The first-order valence-electron chi connectivity index (χ1n) is 9.56. The minimum Gasteiger partial charge on any atom is -0.480 e. The van der Waals surface area contributed by atoms with Crippen molar-refractivity contribution in [3.8, 4) is 0 Å². The van der Waals surface area contributed by atoms with E-state index in [1.54, 1.807) is 27.7 Å². The normalized spacial score (nSPS) is 19.8. The average molecular weight is 417 g/mol. The Bertz CT molecular complexity index is 578. The zero-order valence-corrected chi connectivity index (χ0v) is 17.7. The summed E-state index contributed by atoms with van der Waals surface area (Å²) in [4.78, 5) is 48.8. The summed E-state index contributed by atoms with van der Waals surface area (Å²) in [5.74, 6) is -3.06. The number of thiol groups is 1. The largest absolute Gasteiger partial charge is 0.480 e. The molecule has 0 aliphatic carbocycles. The predicted octanol–water partition coefficient (Wildman–Crippen LogP) is -0.481. The van der Waals surface area contributed by atoms with Gasteiger partial charge in [-0.25, -0.2) is 4.79 Å². The molecule has 0 bridgehead atoms. The molecule has 4 atom stereocenters. The van der Waals surface area contributed by atoms with Crippen molar-refractivity contribution in [3.05, 3.63) is 0 Å². The number of aliphatic carboxylic acids is 1. The Balaban J connectivity index is 2.81. The molecule has 0 aromatic carbocycles. The van der Waals surface area contributed by atoms with Gasteiger partial charge < -0.3 is 26.4 Å². The van der Waals surface area contributed by atoms with E-state index >= 15 is 0 Å². The van der Waals surface area contributed by atoms with Gasteiger partial charge in [0.1, 0.15) is 18.1 Å². The van der Waals surface area contributed by atoms with Crippen LogP contribution >= 0.6 is 12.6 Å². The zero-order valence-electron chi connectivity index (χ0n) is 16.8. The first-order valence-corrected chi connectivity index (χ1v) is 10.2. The molecule has 5 N–H and O–H groups in total. The van der Waals surface area contributed by atoms with Gasteiger partial charge in [0.05, 0.1) is 6.04 Å². The van der Waals surface area contributed by atoms with Crippen molar-refractivity contribution in [2.45, 2.75) is 64.7 Å².